The smallest absolute Gasteiger partial charge is 0.240 e. The molecule has 3 aromatic rings. The lowest BCUT2D eigenvalue weighted by molar-refractivity contribution is 0.415. The molecule has 132 valence electrons. The lowest BCUT2D eigenvalue weighted by atomic mass is 9.84. The molecule has 0 aliphatic rings. The van der Waals surface area contributed by atoms with E-state index in [-0.39, 0.29) is 11.4 Å². The number of hydrogen-bond donors (Lipinski definition) is 2. The Labute approximate surface area is 148 Å². The van der Waals surface area contributed by atoms with E-state index in [9.17, 15) is 8.42 Å². The van der Waals surface area contributed by atoms with Gasteiger partial charge < -0.3 is 9.72 Å². The van der Waals surface area contributed by atoms with Crippen LogP contribution in [0.15, 0.2) is 59.6 Å². The fourth-order valence-corrected chi connectivity index (χ4v) is 4.07. The Morgan fingerprint density at radius 1 is 1.12 bits per heavy atom. The van der Waals surface area contributed by atoms with Gasteiger partial charge in [0.2, 0.25) is 10.0 Å². The number of H-pyrrole nitrogens is 1. The molecular weight excluding hydrogens is 336 g/mol. The molecule has 1 heterocycles. The van der Waals surface area contributed by atoms with Gasteiger partial charge in [-0.15, -0.1) is 0 Å². The number of benzene rings is 2. The standard InChI is InChI=1S/C19H22N2O3S/c1-19(2,13-21-25(22,23)15-7-5-4-6-8-15)17-12-20-18-10-9-14(24-3)11-16(17)18/h4-12,20-21H,13H2,1-3H3. The van der Waals surface area contributed by atoms with Gasteiger partial charge in [0.15, 0.2) is 0 Å². The molecule has 2 aromatic carbocycles. The van der Waals surface area contributed by atoms with Crippen molar-refractivity contribution in [1.82, 2.24) is 9.71 Å². The Kier molecular flexibility index (Phi) is 4.58. The number of nitrogens with one attached hydrogen (secondary N) is 2. The third kappa shape index (κ3) is 3.55. The molecule has 3 rings (SSSR count). The van der Waals surface area contributed by atoms with E-state index in [1.165, 1.54) is 0 Å². The zero-order valence-electron chi connectivity index (χ0n) is 14.5. The minimum Gasteiger partial charge on any atom is -0.497 e. The number of rotatable bonds is 6. The second kappa shape index (κ2) is 6.54. The molecule has 0 saturated carbocycles. The van der Waals surface area contributed by atoms with Crippen LogP contribution in [0.25, 0.3) is 10.9 Å². The van der Waals surface area contributed by atoms with Gasteiger partial charge in [0, 0.05) is 29.1 Å². The minimum absolute atomic E-state index is 0.270. The summed E-state index contributed by atoms with van der Waals surface area (Å²) >= 11 is 0. The van der Waals surface area contributed by atoms with Crippen molar-refractivity contribution < 1.29 is 13.2 Å². The Morgan fingerprint density at radius 3 is 2.52 bits per heavy atom. The molecule has 6 heteroatoms. The van der Waals surface area contributed by atoms with Crippen LogP contribution in [0, 0.1) is 0 Å². The first-order valence-electron chi connectivity index (χ1n) is 8.04. The molecule has 0 unspecified atom stereocenters. The first-order chi connectivity index (χ1) is 11.8. The zero-order chi connectivity index (χ0) is 18.1. The number of hydrogen-bond acceptors (Lipinski definition) is 3. The van der Waals surface area contributed by atoms with Crippen LogP contribution in [0.4, 0.5) is 0 Å². The predicted octanol–water partition coefficient (Wildman–Crippen LogP) is 3.43. The van der Waals surface area contributed by atoms with E-state index >= 15 is 0 Å². The normalized spacial score (nSPS) is 12.4. The molecular formula is C19H22N2O3S. The van der Waals surface area contributed by atoms with Gasteiger partial charge in [-0.1, -0.05) is 32.0 Å². The van der Waals surface area contributed by atoms with E-state index in [0.717, 1.165) is 22.2 Å². The highest BCUT2D eigenvalue weighted by molar-refractivity contribution is 7.89. The highest BCUT2D eigenvalue weighted by atomic mass is 32.2. The fourth-order valence-electron chi connectivity index (χ4n) is 2.84. The molecule has 0 fully saturated rings. The van der Waals surface area contributed by atoms with Crippen molar-refractivity contribution in [2.75, 3.05) is 13.7 Å². The van der Waals surface area contributed by atoms with Crippen LogP contribution in [0.1, 0.15) is 19.4 Å². The summed E-state index contributed by atoms with van der Waals surface area (Å²) in [6.45, 7) is 4.32. The summed E-state index contributed by atoms with van der Waals surface area (Å²) < 4.78 is 33.0. The maximum absolute atomic E-state index is 12.5. The zero-order valence-corrected chi connectivity index (χ0v) is 15.4. The van der Waals surface area contributed by atoms with Crippen molar-refractivity contribution >= 4 is 20.9 Å². The largest absolute Gasteiger partial charge is 0.497 e. The number of sulfonamides is 1. The van der Waals surface area contributed by atoms with Crippen molar-refractivity contribution in [3.05, 3.63) is 60.3 Å². The number of aromatic nitrogens is 1. The molecule has 0 saturated heterocycles. The van der Waals surface area contributed by atoms with Crippen LogP contribution >= 0.6 is 0 Å². The molecule has 2 N–H and O–H groups in total. The average Bonchev–Trinajstić information content (AvgIpc) is 3.05. The van der Waals surface area contributed by atoms with Gasteiger partial charge in [0.05, 0.1) is 12.0 Å². The summed E-state index contributed by atoms with van der Waals surface area (Å²) in [4.78, 5) is 3.51. The molecule has 0 aliphatic carbocycles. The van der Waals surface area contributed by atoms with Gasteiger partial charge in [-0.05, 0) is 35.9 Å². The molecule has 0 spiro atoms. The van der Waals surface area contributed by atoms with Crippen LogP contribution in [0.5, 0.6) is 5.75 Å². The molecule has 0 bridgehead atoms. The Bertz CT molecular complexity index is 976. The highest BCUT2D eigenvalue weighted by Crippen LogP contribution is 2.32. The summed E-state index contributed by atoms with van der Waals surface area (Å²) in [6.07, 6.45) is 1.93. The maximum Gasteiger partial charge on any atom is 0.240 e. The SMILES string of the molecule is COc1ccc2[nH]cc(C(C)(C)CNS(=O)(=O)c3ccccc3)c2c1. The van der Waals surface area contributed by atoms with E-state index in [2.05, 4.69) is 9.71 Å². The Hall–Kier alpha value is -2.31. The number of aromatic amines is 1. The second-order valence-corrected chi connectivity index (χ2v) is 8.40. The van der Waals surface area contributed by atoms with Crippen LogP contribution in [-0.4, -0.2) is 27.1 Å². The molecule has 0 aliphatic heterocycles. The third-order valence-corrected chi connectivity index (χ3v) is 5.79. The van der Waals surface area contributed by atoms with Gasteiger partial charge >= 0.3 is 0 Å². The summed E-state index contributed by atoms with van der Waals surface area (Å²) in [6, 6.07) is 14.2. The van der Waals surface area contributed by atoms with E-state index in [1.807, 2.05) is 38.2 Å². The monoisotopic (exact) mass is 358 g/mol. The van der Waals surface area contributed by atoms with E-state index in [4.69, 9.17) is 4.74 Å². The summed E-state index contributed by atoms with van der Waals surface area (Å²) in [5, 5.41) is 1.03. The van der Waals surface area contributed by atoms with Crippen molar-refractivity contribution in [2.24, 2.45) is 0 Å². The van der Waals surface area contributed by atoms with E-state index < -0.39 is 15.4 Å². The van der Waals surface area contributed by atoms with Crippen molar-refractivity contribution in [3.63, 3.8) is 0 Å². The van der Waals surface area contributed by atoms with E-state index in [1.54, 1.807) is 37.4 Å². The lowest BCUT2D eigenvalue weighted by Crippen LogP contribution is -2.36. The summed E-state index contributed by atoms with van der Waals surface area (Å²) in [5.74, 6) is 0.772. The number of methoxy groups -OCH3 is 1. The van der Waals surface area contributed by atoms with Crippen LogP contribution < -0.4 is 9.46 Å². The Balaban J connectivity index is 1.87. The molecule has 0 radical (unpaired) electrons. The Morgan fingerprint density at radius 2 is 1.84 bits per heavy atom. The third-order valence-electron chi connectivity index (χ3n) is 4.38. The molecule has 25 heavy (non-hydrogen) atoms. The molecule has 5 nitrogen and oxygen atoms in total. The number of fused-ring (bicyclic) bond motifs is 1. The predicted molar refractivity (Wildman–Crippen MR) is 99.5 cm³/mol. The molecule has 1 aromatic heterocycles. The fraction of sp³-hybridized carbons (Fsp3) is 0.263. The van der Waals surface area contributed by atoms with Crippen LogP contribution in [0.2, 0.25) is 0 Å². The van der Waals surface area contributed by atoms with E-state index in [0.29, 0.717) is 0 Å². The average molecular weight is 358 g/mol. The second-order valence-electron chi connectivity index (χ2n) is 6.64. The summed E-state index contributed by atoms with van der Waals surface area (Å²) in [5.41, 5.74) is 1.64. The first kappa shape index (κ1) is 17.5. The topological polar surface area (TPSA) is 71.2 Å². The van der Waals surface area contributed by atoms with Crippen molar-refractivity contribution in [3.8, 4) is 5.75 Å². The van der Waals surface area contributed by atoms with Gasteiger partial charge in [-0.3, -0.25) is 0 Å². The lowest BCUT2D eigenvalue weighted by Gasteiger charge is -2.25. The highest BCUT2D eigenvalue weighted by Gasteiger charge is 2.27. The van der Waals surface area contributed by atoms with Crippen molar-refractivity contribution in [2.45, 2.75) is 24.2 Å². The van der Waals surface area contributed by atoms with Gasteiger partial charge in [-0.2, -0.15) is 0 Å². The minimum atomic E-state index is -3.54. The molecule has 0 amide bonds. The first-order valence-corrected chi connectivity index (χ1v) is 9.52. The quantitative estimate of drug-likeness (QED) is 0.709. The van der Waals surface area contributed by atoms with Crippen LogP contribution in [-0.2, 0) is 15.4 Å². The van der Waals surface area contributed by atoms with Gasteiger partial charge in [-0.25, -0.2) is 13.1 Å². The van der Waals surface area contributed by atoms with Gasteiger partial charge in [0.25, 0.3) is 0 Å². The van der Waals surface area contributed by atoms with Crippen molar-refractivity contribution in [1.29, 1.82) is 0 Å². The molecule has 0 atom stereocenters. The summed E-state index contributed by atoms with van der Waals surface area (Å²) in [7, 11) is -1.90. The number of ether oxygens (including phenoxy) is 1. The van der Waals surface area contributed by atoms with Gasteiger partial charge in [0.1, 0.15) is 5.75 Å². The van der Waals surface area contributed by atoms with Crippen LogP contribution in [0.3, 0.4) is 0 Å². The maximum atomic E-state index is 12.5.